The summed E-state index contributed by atoms with van der Waals surface area (Å²) in [6.45, 7) is 0. The minimum atomic E-state index is 0.120. The van der Waals surface area contributed by atoms with Crippen molar-refractivity contribution in [1.29, 1.82) is 0 Å². The molecule has 2 aliphatic carbocycles. The second kappa shape index (κ2) is 3.58. The fourth-order valence-corrected chi connectivity index (χ4v) is 3.42. The molecule has 0 unspecified atom stereocenters. The highest BCUT2D eigenvalue weighted by molar-refractivity contribution is 6.15. The molecule has 4 rings (SSSR count). The number of anilines is 1. The Bertz CT molecular complexity index is 587. The van der Waals surface area contributed by atoms with Crippen molar-refractivity contribution >= 4 is 17.1 Å². The molecular weight excluding hydrogens is 220 g/mol. The van der Waals surface area contributed by atoms with Gasteiger partial charge in [0.2, 0.25) is 0 Å². The molecule has 90 valence electrons. The van der Waals surface area contributed by atoms with E-state index in [4.69, 9.17) is 4.99 Å². The average molecular weight is 236 g/mol. The third-order valence-corrected chi connectivity index (χ3v) is 4.28. The molecule has 1 saturated carbocycles. The first-order chi connectivity index (χ1) is 8.87. The Labute approximate surface area is 107 Å². The van der Waals surface area contributed by atoms with Crippen LogP contribution < -0.4 is 5.32 Å². The Morgan fingerprint density at radius 1 is 1.11 bits per heavy atom. The molecule has 0 bridgehead atoms. The second-order valence-electron chi connectivity index (χ2n) is 5.37. The van der Waals surface area contributed by atoms with E-state index in [9.17, 15) is 0 Å². The van der Waals surface area contributed by atoms with Crippen LogP contribution in [-0.4, -0.2) is 11.3 Å². The van der Waals surface area contributed by atoms with Crippen molar-refractivity contribution < 1.29 is 0 Å². The fraction of sp³-hybridized carbons (Fsp3) is 0.312. The van der Waals surface area contributed by atoms with Crippen molar-refractivity contribution in [2.45, 2.75) is 31.2 Å². The molecule has 0 aromatic heterocycles. The predicted octanol–water partition coefficient (Wildman–Crippen LogP) is 3.99. The lowest BCUT2D eigenvalue weighted by molar-refractivity contribution is 0.584. The van der Waals surface area contributed by atoms with Crippen molar-refractivity contribution in [2.75, 3.05) is 5.32 Å². The van der Waals surface area contributed by atoms with E-state index in [0.717, 1.165) is 11.4 Å². The number of hydrogen-bond donors (Lipinski definition) is 1. The Morgan fingerprint density at radius 2 is 1.94 bits per heavy atom. The van der Waals surface area contributed by atoms with Crippen LogP contribution in [0.25, 0.3) is 0 Å². The third-order valence-electron chi connectivity index (χ3n) is 4.28. The van der Waals surface area contributed by atoms with Gasteiger partial charge in [-0.05, 0) is 31.1 Å². The number of allylic oxidation sites excluding steroid dienone is 3. The zero-order valence-electron chi connectivity index (χ0n) is 10.3. The first kappa shape index (κ1) is 10.1. The quantitative estimate of drug-likeness (QED) is 0.723. The number of nitrogens with zero attached hydrogens (tertiary/aromatic N) is 1. The second-order valence-corrected chi connectivity index (χ2v) is 5.37. The van der Waals surface area contributed by atoms with Gasteiger partial charge in [-0.3, -0.25) is 0 Å². The van der Waals surface area contributed by atoms with Crippen molar-refractivity contribution in [3.8, 4) is 0 Å². The molecule has 1 heterocycles. The molecular formula is C16H16N2. The van der Waals surface area contributed by atoms with Gasteiger partial charge in [0.05, 0.1) is 22.6 Å². The molecule has 1 aromatic carbocycles. The maximum atomic E-state index is 4.82. The smallest absolute Gasteiger partial charge is 0.0868 e. The maximum Gasteiger partial charge on any atom is 0.0868 e. The van der Waals surface area contributed by atoms with Gasteiger partial charge in [0.1, 0.15) is 0 Å². The lowest BCUT2D eigenvalue weighted by Crippen LogP contribution is -2.38. The van der Waals surface area contributed by atoms with Crippen molar-refractivity contribution in [3.05, 3.63) is 48.1 Å². The molecule has 0 atom stereocenters. The van der Waals surface area contributed by atoms with Gasteiger partial charge in [-0.1, -0.05) is 37.1 Å². The van der Waals surface area contributed by atoms with Crippen LogP contribution in [0.5, 0.6) is 0 Å². The van der Waals surface area contributed by atoms with Crippen LogP contribution in [0.15, 0.2) is 53.1 Å². The summed E-state index contributed by atoms with van der Waals surface area (Å²) < 4.78 is 0. The van der Waals surface area contributed by atoms with E-state index in [1.165, 1.54) is 36.9 Å². The number of nitrogens with one attached hydrogen (secondary N) is 1. The van der Waals surface area contributed by atoms with E-state index in [0.29, 0.717) is 0 Å². The van der Waals surface area contributed by atoms with Crippen molar-refractivity contribution in [1.82, 2.24) is 0 Å². The highest BCUT2D eigenvalue weighted by Gasteiger charge is 2.41. The molecule has 0 saturated heterocycles. The summed E-state index contributed by atoms with van der Waals surface area (Å²) in [5.74, 6) is 0. The van der Waals surface area contributed by atoms with Gasteiger partial charge < -0.3 is 5.32 Å². The Balaban J connectivity index is 1.93. The molecule has 0 amide bonds. The van der Waals surface area contributed by atoms with E-state index < -0.39 is 0 Å². The summed E-state index contributed by atoms with van der Waals surface area (Å²) in [5.41, 5.74) is 4.89. The average Bonchev–Trinajstić information content (AvgIpc) is 2.99. The molecule has 18 heavy (non-hydrogen) atoms. The van der Waals surface area contributed by atoms with E-state index in [2.05, 4.69) is 47.8 Å². The fourth-order valence-electron chi connectivity index (χ4n) is 3.42. The Kier molecular flexibility index (Phi) is 2.01. The highest BCUT2D eigenvalue weighted by atomic mass is 15.0. The van der Waals surface area contributed by atoms with Gasteiger partial charge in [-0.2, -0.15) is 0 Å². The Morgan fingerprint density at radius 3 is 2.83 bits per heavy atom. The highest BCUT2D eigenvalue weighted by Crippen LogP contribution is 2.45. The van der Waals surface area contributed by atoms with E-state index in [1.54, 1.807) is 0 Å². The molecule has 1 fully saturated rings. The molecule has 1 N–H and O–H groups in total. The number of benzene rings is 1. The van der Waals surface area contributed by atoms with Crippen LogP contribution in [0, 0.1) is 0 Å². The van der Waals surface area contributed by atoms with Crippen molar-refractivity contribution in [3.63, 3.8) is 0 Å². The minimum absolute atomic E-state index is 0.120. The number of aliphatic imine (C=N–C) groups is 1. The summed E-state index contributed by atoms with van der Waals surface area (Å²) in [6, 6.07) is 8.37. The summed E-state index contributed by atoms with van der Waals surface area (Å²) in [6.07, 6.45) is 11.5. The number of fused-ring (bicyclic) bond motifs is 3. The monoisotopic (exact) mass is 236 g/mol. The van der Waals surface area contributed by atoms with Crippen LogP contribution in [0.2, 0.25) is 0 Å². The molecule has 1 aliphatic heterocycles. The summed E-state index contributed by atoms with van der Waals surface area (Å²) >= 11 is 0. The molecule has 2 nitrogen and oxygen atoms in total. The van der Waals surface area contributed by atoms with E-state index >= 15 is 0 Å². The summed E-state index contributed by atoms with van der Waals surface area (Å²) in [4.78, 5) is 4.82. The van der Waals surface area contributed by atoms with Gasteiger partial charge in [-0.25, -0.2) is 4.99 Å². The lowest BCUT2D eigenvalue weighted by Gasteiger charge is -2.32. The first-order valence-electron chi connectivity index (χ1n) is 6.73. The van der Waals surface area contributed by atoms with Crippen LogP contribution in [0.4, 0.5) is 11.4 Å². The molecule has 3 aliphatic rings. The van der Waals surface area contributed by atoms with Crippen LogP contribution >= 0.6 is 0 Å². The minimum Gasteiger partial charge on any atom is -0.374 e. The van der Waals surface area contributed by atoms with Gasteiger partial charge in [0.15, 0.2) is 0 Å². The Hall–Kier alpha value is -1.83. The number of rotatable bonds is 0. The number of hydrogen-bond acceptors (Lipinski definition) is 2. The molecule has 1 spiro atoms. The van der Waals surface area contributed by atoms with Gasteiger partial charge in [-0.15, -0.1) is 0 Å². The lowest BCUT2D eigenvalue weighted by atomic mass is 9.86. The summed E-state index contributed by atoms with van der Waals surface area (Å²) in [7, 11) is 0. The van der Waals surface area contributed by atoms with Crippen LogP contribution in [0.1, 0.15) is 25.7 Å². The standard InChI is InChI=1S/C16H16N2/c1-2-8-15-14(7-1)17-13-9-5-6-12(13)16(18-15)10-3-4-11-16/h1-2,5-9,18H,3-4,10-11H2. The first-order valence-corrected chi connectivity index (χ1v) is 6.73. The van der Waals surface area contributed by atoms with Gasteiger partial charge in [0, 0.05) is 5.57 Å². The van der Waals surface area contributed by atoms with E-state index in [-0.39, 0.29) is 5.54 Å². The normalized spacial score (nSPS) is 22.9. The van der Waals surface area contributed by atoms with Gasteiger partial charge >= 0.3 is 0 Å². The zero-order valence-corrected chi connectivity index (χ0v) is 10.3. The maximum absolute atomic E-state index is 4.82. The van der Waals surface area contributed by atoms with Crippen LogP contribution in [0.3, 0.4) is 0 Å². The third kappa shape index (κ3) is 1.32. The van der Waals surface area contributed by atoms with E-state index in [1.807, 2.05) is 0 Å². The topological polar surface area (TPSA) is 24.4 Å². The predicted molar refractivity (Wildman–Crippen MR) is 75.6 cm³/mol. The SMILES string of the molecule is C1=CC2=Nc3ccccc3NC3(CCCC3)C2=C1. The zero-order chi connectivity index (χ0) is 12.0. The number of para-hydroxylation sites is 2. The van der Waals surface area contributed by atoms with Gasteiger partial charge in [0.25, 0.3) is 0 Å². The summed E-state index contributed by atoms with van der Waals surface area (Å²) in [5, 5.41) is 3.78. The molecule has 0 radical (unpaired) electrons. The largest absolute Gasteiger partial charge is 0.374 e. The van der Waals surface area contributed by atoms with Crippen molar-refractivity contribution in [2.24, 2.45) is 4.99 Å². The molecule has 1 aromatic rings. The molecule has 2 heteroatoms. The van der Waals surface area contributed by atoms with Crippen LogP contribution in [-0.2, 0) is 0 Å².